The highest BCUT2D eigenvalue weighted by atomic mass is 16.7. The van der Waals surface area contributed by atoms with E-state index in [2.05, 4.69) is 0 Å². The molecule has 1 heterocycles. The van der Waals surface area contributed by atoms with Gasteiger partial charge in [-0.25, -0.2) is 4.79 Å². The van der Waals surface area contributed by atoms with Crippen LogP contribution < -0.4 is 23.7 Å². The van der Waals surface area contributed by atoms with E-state index in [0.717, 1.165) is 0 Å². The summed E-state index contributed by atoms with van der Waals surface area (Å²) < 4.78 is 40.6. The number of ether oxygens (including phenoxy) is 7. The fraction of sp³-hybridized carbons (Fsp3) is 0.355. The quantitative estimate of drug-likeness (QED) is 0.379. The molecule has 216 valence electrons. The minimum Gasteiger partial charge on any atom is -0.504 e. The van der Waals surface area contributed by atoms with Crippen LogP contribution in [-0.4, -0.2) is 45.2 Å². The molecule has 10 heteroatoms. The van der Waals surface area contributed by atoms with E-state index in [1.165, 1.54) is 28.3 Å². The Morgan fingerprint density at radius 2 is 1.46 bits per heavy atom. The summed E-state index contributed by atoms with van der Waals surface area (Å²) in [6, 6.07) is 12.1. The minimum absolute atomic E-state index is 0.0458. The molecule has 0 saturated heterocycles. The lowest BCUT2D eigenvalue weighted by atomic mass is 9.74. The largest absolute Gasteiger partial charge is 0.504 e. The Morgan fingerprint density at radius 1 is 0.829 bits per heavy atom. The van der Waals surface area contributed by atoms with Crippen molar-refractivity contribution in [1.29, 1.82) is 0 Å². The maximum absolute atomic E-state index is 13.4. The van der Waals surface area contributed by atoms with Crippen LogP contribution in [0.25, 0.3) is 11.1 Å². The molecule has 10 nitrogen and oxygen atoms in total. The Balaban J connectivity index is 1.87. The Hall–Kier alpha value is -4.60. The molecular weight excluding hydrogens is 532 g/mol. The zero-order valence-corrected chi connectivity index (χ0v) is 23.7. The lowest BCUT2D eigenvalue weighted by molar-refractivity contribution is -0.151. The van der Waals surface area contributed by atoms with Gasteiger partial charge in [-0.15, -0.1) is 0 Å². The normalized spacial score (nSPS) is 20.5. The van der Waals surface area contributed by atoms with Crippen molar-refractivity contribution in [3.05, 3.63) is 59.2 Å². The first-order valence-electron chi connectivity index (χ1n) is 13.1. The van der Waals surface area contributed by atoms with Gasteiger partial charge in [0.2, 0.25) is 18.3 Å². The van der Waals surface area contributed by atoms with E-state index in [1.807, 2.05) is 19.9 Å². The van der Waals surface area contributed by atoms with Crippen molar-refractivity contribution >= 4 is 11.9 Å². The van der Waals surface area contributed by atoms with Crippen molar-refractivity contribution in [1.82, 2.24) is 0 Å². The van der Waals surface area contributed by atoms with Crippen LogP contribution in [0.2, 0.25) is 0 Å². The molecule has 0 spiro atoms. The average molecular weight is 565 g/mol. The van der Waals surface area contributed by atoms with Crippen LogP contribution in [0.5, 0.6) is 34.5 Å². The number of phenolic OH excluding ortho intramolecular Hbond substituents is 1. The molecule has 1 aliphatic carbocycles. The summed E-state index contributed by atoms with van der Waals surface area (Å²) in [5.41, 5.74) is 1.99. The van der Waals surface area contributed by atoms with Crippen LogP contribution in [0, 0.1) is 11.8 Å². The molecule has 1 aliphatic heterocycles. The Labute approximate surface area is 237 Å². The first-order chi connectivity index (χ1) is 19.7. The molecule has 0 saturated carbocycles. The molecule has 4 atom stereocenters. The second-order valence-electron chi connectivity index (χ2n) is 9.97. The van der Waals surface area contributed by atoms with Gasteiger partial charge in [-0.2, -0.15) is 0 Å². The highest BCUT2D eigenvalue weighted by Crippen LogP contribution is 2.60. The molecule has 0 unspecified atom stereocenters. The molecule has 3 aromatic carbocycles. The van der Waals surface area contributed by atoms with Gasteiger partial charge in [0.15, 0.2) is 23.0 Å². The standard InChI is InChI=1S/C31H32O10/c1-15-16(2)27(41-31(34)18-10-8-7-9-11-18)20-13-22-29(39-14-38-22)30(37-6)24(20)23-19(26(15)40-17(3)32)12-21(35-4)28(36-5)25(23)33/h7-13,15-16,26-27,33H,14H2,1-6H3/t15-,16+,26+,27+/m0/s1. The predicted octanol–water partition coefficient (Wildman–Crippen LogP) is 5.60. The number of carbonyl (C=O) groups excluding carboxylic acids is 2. The highest BCUT2D eigenvalue weighted by molar-refractivity contribution is 5.91. The molecule has 0 fully saturated rings. The molecule has 0 radical (unpaired) electrons. The van der Waals surface area contributed by atoms with Crippen molar-refractivity contribution in [2.75, 3.05) is 28.1 Å². The van der Waals surface area contributed by atoms with Gasteiger partial charge in [0, 0.05) is 41.0 Å². The van der Waals surface area contributed by atoms with Crippen molar-refractivity contribution in [2.24, 2.45) is 11.8 Å². The van der Waals surface area contributed by atoms with Gasteiger partial charge in [-0.05, 0) is 24.3 Å². The Morgan fingerprint density at radius 3 is 2.07 bits per heavy atom. The van der Waals surface area contributed by atoms with Gasteiger partial charge in [0.05, 0.1) is 26.9 Å². The van der Waals surface area contributed by atoms with Crippen LogP contribution in [0.15, 0.2) is 42.5 Å². The SMILES string of the molecule is COc1cc2c(c(O)c1OC)-c1c(cc3c(c1OC)OCO3)[C@H](OC(=O)c1ccccc1)[C@H](C)[C@H](C)[C@H]2OC(C)=O. The van der Waals surface area contributed by atoms with E-state index in [9.17, 15) is 14.7 Å². The lowest BCUT2D eigenvalue weighted by Crippen LogP contribution is -2.31. The number of benzene rings is 3. The fourth-order valence-electron chi connectivity index (χ4n) is 5.59. The molecule has 2 aliphatic rings. The van der Waals surface area contributed by atoms with Crippen LogP contribution in [0.1, 0.15) is 54.5 Å². The zero-order valence-electron chi connectivity index (χ0n) is 23.7. The van der Waals surface area contributed by atoms with Crippen molar-refractivity contribution in [2.45, 2.75) is 33.0 Å². The van der Waals surface area contributed by atoms with Crippen LogP contribution in [-0.2, 0) is 14.3 Å². The van der Waals surface area contributed by atoms with E-state index in [0.29, 0.717) is 33.8 Å². The minimum atomic E-state index is -0.880. The molecule has 0 bridgehead atoms. The molecule has 3 aromatic rings. The van der Waals surface area contributed by atoms with Crippen LogP contribution in [0.4, 0.5) is 0 Å². The third-order valence-electron chi connectivity index (χ3n) is 7.71. The van der Waals surface area contributed by atoms with Crippen molar-refractivity contribution < 1.29 is 47.9 Å². The molecule has 1 N–H and O–H groups in total. The second-order valence-corrected chi connectivity index (χ2v) is 9.97. The average Bonchev–Trinajstić information content (AvgIpc) is 3.45. The summed E-state index contributed by atoms with van der Waals surface area (Å²) in [6.45, 7) is 5.08. The molecule has 0 aromatic heterocycles. The number of hydrogen-bond acceptors (Lipinski definition) is 10. The first-order valence-corrected chi connectivity index (χ1v) is 13.1. The third kappa shape index (κ3) is 4.73. The maximum atomic E-state index is 13.4. The fourth-order valence-corrected chi connectivity index (χ4v) is 5.59. The highest BCUT2D eigenvalue weighted by Gasteiger charge is 2.44. The van der Waals surface area contributed by atoms with Gasteiger partial charge < -0.3 is 38.3 Å². The molecule has 5 rings (SSSR count). The van der Waals surface area contributed by atoms with E-state index >= 15 is 0 Å². The Kier molecular flexibility index (Phi) is 7.57. The number of esters is 2. The maximum Gasteiger partial charge on any atom is 0.338 e. The first kappa shape index (κ1) is 27.9. The Bertz CT molecular complexity index is 1480. The van der Waals surface area contributed by atoms with E-state index < -0.39 is 36.0 Å². The van der Waals surface area contributed by atoms with Gasteiger partial charge >= 0.3 is 11.9 Å². The summed E-state index contributed by atoms with van der Waals surface area (Å²) in [4.78, 5) is 25.9. The number of methoxy groups -OCH3 is 3. The zero-order chi connectivity index (χ0) is 29.4. The molecule has 41 heavy (non-hydrogen) atoms. The number of rotatable bonds is 6. The molecular formula is C31H32O10. The van der Waals surface area contributed by atoms with Gasteiger partial charge in [0.25, 0.3) is 0 Å². The molecule has 0 amide bonds. The second kappa shape index (κ2) is 11.1. The summed E-state index contributed by atoms with van der Waals surface area (Å²) in [5.74, 6) is -0.858. The van der Waals surface area contributed by atoms with Gasteiger partial charge in [-0.3, -0.25) is 4.79 Å². The van der Waals surface area contributed by atoms with E-state index in [4.69, 9.17) is 33.2 Å². The topological polar surface area (TPSA) is 119 Å². The third-order valence-corrected chi connectivity index (χ3v) is 7.71. The summed E-state index contributed by atoms with van der Waals surface area (Å²) in [7, 11) is 4.32. The lowest BCUT2D eigenvalue weighted by Gasteiger charge is -2.38. The monoisotopic (exact) mass is 564 g/mol. The number of fused-ring (bicyclic) bond motifs is 4. The number of phenols is 1. The van der Waals surface area contributed by atoms with Crippen LogP contribution in [0.3, 0.4) is 0 Å². The van der Waals surface area contributed by atoms with Crippen molar-refractivity contribution in [3.63, 3.8) is 0 Å². The summed E-state index contributed by atoms with van der Waals surface area (Å²) in [6.07, 6.45) is -1.75. The van der Waals surface area contributed by atoms with E-state index in [-0.39, 0.29) is 35.4 Å². The summed E-state index contributed by atoms with van der Waals surface area (Å²) in [5, 5.41) is 11.7. The smallest absolute Gasteiger partial charge is 0.338 e. The van der Waals surface area contributed by atoms with Gasteiger partial charge in [0.1, 0.15) is 12.2 Å². The summed E-state index contributed by atoms with van der Waals surface area (Å²) >= 11 is 0. The number of aromatic hydroxyl groups is 1. The van der Waals surface area contributed by atoms with Crippen molar-refractivity contribution in [3.8, 4) is 45.6 Å². The van der Waals surface area contributed by atoms with E-state index in [1.54, 1.807) is 36.4 Å². The predicted molar refractivity (Wildman–Crippen MR) is 147 cm³/mol. The number of hydrogen-bond donors (Lipinski definition) is 1. The van der Waals surface area contributed by atoms with Crippen LogP contribution >= 0.6 is 0 Å². The van der Waals surface area contributed by atoms with Gasteiger partial charge in [-0.1, -0.05) is 32.0 Å². The number of carbonyl (C=O) groups is 2.